The van der Waals surface area contributed by atoms with E-state index < -0.39 is 17.8 Å². The molecule has 0 unspecified atom stereocenters. The highest BCUT2D eigenvalue weighted by Gasteiger charge is 2.36. The summed E-state index contributed by atoms with van der Waals surface area (Å²) in [5, 5.41) is 12.0. The molecule has 0 spiro atoms. The van der Waals surface area contributed by atoms with Gasteiger partial charge in [-0.2, -0.15) is 0 Å². The molecule has 3 amide bonds. The first-order chi connectivity index (χ1) is 13.2. The number of hydrogen-bond donors (Lipinski definition) is 2. The van der Waals surface area contributed by atoms with E-state index >= 15 is 0 Å². The lowest BCUT2D eigenvalue weighted by atomic mass is 10.0. The molecule has 0 fully saturated rings. The van der Waals surface area contributed by atoms with Gasteiger partial charge in [0.15, 0.2) is 0 Å². The molecule has 1 aliphatic heterocycles. The molecule has 144 valence electrons. The van der Waals surface area contributed by atoms with Crippen molar-refractivity contribution in [1.29, 1.82) is 0 Å². The Morgan fingerprint density at radius 3 is 2.39 bits per heavy atom. The Morgan fingerprint density at radius 2 is 1.75 bits per heavy atom. The first-order valence-electron chi connectivity index (χ1n) is 8.53. The monoisotopic (exact) mass is 400 g/mol. The van der Waals surface area contributed by atoms with Gasteiger partial charge in [-0.05, 0) is 42.3 Å². The lowest BCUT2D eigenvalue weighted by Gasteiger charge is -2.15. The van der Waals surface area contributed by atoms with Crippen LogP contribution in [0.5, 0.6) is 0 Å². The summed E-state index contributed by atoms with van der Waals surface area (Å²) in [6, 6.07) is 8.22. The number of aromatic carboxylic acids is 1. The number of carboxylic acids is 1. The van der Waals surface area contributed by atoms with E-state index in [1.54, 1.807) is 0 Å². The molecule has 3 rings (SSSR count). The average Bonchev–Trinajstić information content (AvgIpc) is 2.85. The summed E-state index contributed by atoms with van der Waals surface area (Å²) in [5.41, 5.74) is 0.448. The van der Waals surface area contributed by atoms with E-state index in [1.807, 2.05) is 13.8 Å². The van der Waals surface area contributed by atoms with Crippen LogP contribution >= 0.6 is 11.6 Å². The third kappa shape index (κ3) is 3.61. The zero-order valence-electron chi connectivity index (χ0n) is 15.2. The molecule has 8 heteroatoms. The van der Waals surface area contributed by atoms with Crippen molar-refractivity contribution in [2.75, 3.05) is 11.9 Å². The molecule has 0 atom stereocenters. The van der Waals surface area contributed by atoms with Gasteiger partial charge in [-0.25, -0.2) is 4.79 Å². The van der Waals surface area contributed by atoms with Crippen LogP contribution < -0.4 is 5.32 Å². The second kappa shape index (κ2) is 7.44. The van der Waals surface area contributed by atoms with E-state index in [2.05, 4.69) is 5.32 Å². The number of carboxylic acid groups (broad SMARTS) is 1. The Hall–Kier alpha value is -3.19. The van der Waals surface area contributed by atoms with Crippen LogP contribution in [0.2, 0.25) is 5.02 Å². The van der Waals surface area contributed by atoms with Crippen LogP contribution in [0.25, 0.3) is 0 Å². The fourth-order valence-electron chi connectivity index (χ4n) is 2.96. The Kier molecular flexibility index (Phi) is 5.20. The van der Waals surface area contributed by atoms with E-state index in [1.165, 1.54) is 36.4 Å². The molecular weight excluding hydrogens is 384 g/mol. The van der Waals surface area contributed by atoms with Gasteiger partial charge in [0, 0.05) is 17.1 Å². The predicted molar refractivity (Wildman–Crippen MR) is 103 cm³/mol. The summed E-state index contributed by atoms with van der Waals surface area (Å²) in [7, 11) is 0. The Bertz CT molecular complexity index is 1020. The van der Waals surface area contributed by atoms with Crippen LogP contribution in [0.1, 0.15) is 55.3 Å². The molecule has 2 aromatic rings. The van der Waals surface area contributed by atoms with Gasteiger partial charge in [-0.3, -0.25) is 19.3 Å². The van der Waals surface area contributed by atoms with Crippen LogP contribution in [0.3, 0.4) is 0 Å². The van der Waals surface area contributed by atoms with Gasteiger partial charge in [0.2, 0.25) is 0 Å². The fourth-order valence-corrected chi connectivity index (χ4v) is 3.14. The van der Waals surface area contributed by atoms with E-state index in [-0.39, 0.29) is 44.8 Å². The van der Waals surface area contributed by atoms with Gasteiger partial charge < -0.3 is 10.4 Å². The van der Waals surface area contributed by atoms with Crippen molar-refractivity contribution >= 4 is 41.0 Å². The molecule has 0 bridgehead atoms. The van der Waals surface area contributed by atoms with E-state index in [0.717, 1.165) is 4.90 Å². The molecule has 0 aliphatic carbocycles. The molecule has 0 aromatic heterocycles. The number of hydrogen-bond acceptors (Lipinski definition) is 4. The quantitative estimate of drug-likeness (QED) is 0.747. The number of anilines is 1. The van der Waals surface area contributed by atoms with E-state index in [0.29, 0.717) is 6.54 Å². The summed E-state index contributed by atoms with van der Waals surface area (Å²) in [6.07, 6.45) is 0. The molecule has 0 saturated heterocycles. The van der Waals surface area contributed by atoms with Gasteiger partial charge in [0.1, 0.15) is 0 Å². The van der Waals surface area contributed by atoms with Crippen molar-refractivity contribution < 1.29 is 24.3 Å². The van der Waals surface area contributed by atoms with Crippen LogP contribution in [-0.4, -0.2) is 40.2 Å². The number of fused-ring (bicyclic) bond motifs is 1. The van der Waals surface area contributed by atoms with E-state index in [4.69, 9.17) is 11.6 Å². The van der Waals surface area contributed by atoms with Crippen molar-refractivity contribution in [2.45, 2.75) is 13.8 Å². The normalized spacial score (nSPS) is 13.1. The molecule has 1 aliphatic rings. The lowest BCUT2D eigenvalue weighted by Crippen LogP contribution is -2.33. The summed E-state index contributed by atoms with van der Waals surface area (Å²) in [5.74, 6) is -2.55. The second-order valence-corrected chi connectivity index (χ2v) is 7.26. The number of imide groups is 1. The summed E-state index contributed by atoms with van der Waals surface area (Å²) in [4.78, 5) is 50.0. The van der Waals surface area contributed by atoms with Gasteiger partial charge in [0.05, 0.1) is 22.4 Å². The van der Waals surface area contributed by atoms with Crippen LogP contribution in [0, 0.1) is 5.92 Å². The predicted octanol–water partition coefficient (Wildman–Crippen LogP) is 3.54. The maximum absolute atomic E-state index is 12.6. The molecule has 7 nitrogen and oxygen atoms in total. The van der Waals surface area contributed by atoms with Crippen LogP contribution in [0.15, 0.2) is 36.4 Å². The van der Waals surface area contributed by atoms with Crippen molar-refractivity contribution in [2.24, 2.45) is 5.92 Å². The zero-order valence-corrected chi connectivity index (χ0v) is 15.9. The Labute approximate surface area is 165 Å². The number of carbonyl (C=O) groups excluding carboxylic acids is 3. The maximum atomic E-state index is 12.6. The molecular formula is C20H17ClN2O5. The van der Waals surface area contributed by atoms with Gasteiger partial charge in [-0.15, -0.1) is 0 Å². The molecule has 2 aromatic carbocycles. The zero-order chi connectivity index (χ0) is 20.6. The van der Waals surface area contributed by atoms with Crippen molar-refractivity contribution in [1.82, 2.24) is 4.90 Å². The number of nitrogens with zero attached hydrogens (tertiary/aromatic N) is 1. The number of rotatable bonds is 5. The third-order valence-electron chi connectivity index (χ3n) is 4.24. The Morgan fingerprint density at radius 1 is 1.07 bits per heavy atom. The third-order valence-corrected chi connectivity index (χ3v) is 4.48. The highest BCUT2D eigenvalue weighted by Crippen LogP contribution is 2.26. The smallest absolute Gasteiger partial charge is 0.337 e. The number of benzene rings is 2. The number of halogens is 1. The molecule has 0 radical (unpaired) electrons. The maximum Gasteiger partial charge on any atom is 0.337 e. The lowest BCUT2D eigenvalue weighted by molar-refractivity contribution is 0.0633. The van der Waals surface area contributed by atoms with Gasteiger partial charge in [-0.1, -0.05) is 25.4 Å². The average molecular weight is 401 g/mol. The fraction of sp³-hybridized carbons (Fsp3) is 0.200. The van der Waals surface area contributed by atoms with Crippen LogP contribution in [-0.2, 0) is 0 Å². The largest absolute Gasteiger partial charge is 0.478 e. The first kappa shape index (κ1) is 19.6. The minimum Gasteiger partial charge on any atom is -0.478 e. The molecule has 28 heavy (non-hydrogen) atoms. The summed E-state index contributed by atoms with van der Waals surface area (Å²) in [6.45, 7) is 4.08. The second-order valence-electron chi connectivity index (χ2n) is 6.82. The highest BCUT2D eigenvalue weighted by atomic mass is 35.5. The number of amides is 3. The van der Waals surface area contributed by atoms with Crippen molar-refractivity contribution in [3.63, 3.8) is 0 Å². The Balaban J connectivity index is 1.90. The number of carbonyl (C=O) groups is 4. The van der Waals surface area contributed by atoms with Gasteiger partial charge >= 0.3 is 5.97 Å². The minimum absolute atomic E-state index is 0.0364. The SMILES string of the molecule is CC(C)CN1C(=O)c2ccc(C(=O)Nc3cc(Cl)ccc3C(=O)O)cc2C1=O. The summed E-state index contributed by atoms with van der Waals surface area (Å²) < 4.78 is 0. The molecule has 0 saturated carbocycles. The van der Waals surface area contributed by atoms with Crippen LogP contribution in [0.4, 0.5) is 5.69 Å². The molecule has 1 heterocycles. The highest BCUT2D eigenvalue weighted by molar-refractivity contribution is 6.31. The van der Waals surface area contributed by atoms with E-state index in [9.17, 15) is 24.3 Å². The van der Waals surface area contributed by atoms with Crippen molar-refractivity contribution in [3.8, 4) is 0 Å². The number of nitrogens with one attached hydrogen (secondary N) is 1. The minimum atomic E-state index is -1.22. The summed E-state index contributed by atoms with van der Waals surface area (Å²) >= 11 is 5.89. The standard InChI is InChI=1S/C20H17ClN2O5/c1-10(2)9-23-18(25)13-5-3-11(7-15(13)19(23)26)17(24)22-16-8-12(21)4-6-14(16)20(27)28/h3-8,10H,9H2,1-2H3,(H,22,24)(H,27,28). The molecule has 2 N–H and O–H groups in total. The van der Waals surface area contributed by atoms with Crippen molar-refractivity contribution in [3.05, 3.63) is 63.7 Å². The first-order valence-corrected chi connectivity index (χ1v) is 8.91. The topological polar surface area (TPSA) is 104 Å². The van der Waals surface area contributed by atoms with Gasteiger partial charge in [0.25, 0.3) is 17.7 Å².